The van der Waals surface area contributed by atoms with E-state index in [1.165, 1.54) is 7.11 Å². The Kier molecular flexibility index (Phi) is 6.21. The molecule has 6 heteroatoms. The molecule has 0 bridgehead atoms. The molecule has 1 amide bonds. The number of aryl methyl sites for hydroxylation is 1. The van der Waals surface area contributed by atoms with Gasteiger partial charge in [-0.3, -0.25) is 9.69 Å². The highest BCUT2D eigenvalue weighted by molar-refractivity contribution is 5.92. The lowest BCUT2D eigenvalue weighted by atomic mass is 10.1. The Morgan fingerprint density at radius 3 is 2.48 bits per heavy atom. The molecule has 0 spiro atoms. The van der Waals surface area contributed by atoms with E-state index < -0.39 is 12.1 Å². The lowest BCUT2D eigenvalue weighted by molar-refractivity contribution is -0.160. The van der Waals surface area contributed by atoms with Gasteiger partial charge in [0.25, 0.3) is 0 Å². The van der Waals surface area contributed by atoms with Crippen LogP contribution in [-0.2, 0) is 20.7 Å². The SMILES string of the molecule is COC(=O)C1OC(c2ccccc2)CN1CCCc1ccc(C(N)=O)cc1. The monoisotopic (exact) mass is 368 g/mol. The maximum absolute atomic E-state index is 12.1. The number of rotatable bonds is 7. The van der Waals surface area contributed by atoms with E-state index >= 15 is 0 Å². The van der Waals surface area contributed by atoms with Crippen LogP contribution in [0.5, 0.6) is 0 Å². The highest BCUT2D eigenvalue weighted by Crippen LogP contribution is 2.29. The predicted octanol–water partition coefficient (Wildman–Crippen LogP) is 2.29. The van der Waals surface area contributed by atoms with Crippen LogP contribution in [0.4, 0.5) is 0 Å². The number of nitrogens with zero attached hydrogens (tertiary/aromatic N) is 1. The molecule has 142 valence electrons. The van der Waals surface area contributed by atoms with Gasteiger partial charge in [-0.05, 0) is 36.1 Å². The number of primary amides is 1. The Hall–Kier alpha value is -2.70. The molecule has 2 atom stereocenters. The summed E-state index contributed by atoms with van der Waals surface area (Å²) in [5.74, 6) is -0.803. The fourth-order valence-electron chi connectivity index (χ4n) is 3.28. The van der Waals surface area contributed by atoms with Crippen molar-refractivity contribution in [1.29, 1.82) is 0 Å². The first-order valence-corrected chi connectivity index (χ1v) is 8.99. The Morgan fingerprint density at radius 1 is 1.15 bits per heavy atom. The lowest BCUT2D eigenvalue weighted by Crippen LogP contribution is -2.38. The van der Waals surface area contributed by atoms with Crippen molar-refractivity contribution < 1.29 is 19.1 Å². The summed E-state index contributed by atoms with van der Waals surface area (Å²) in [6.07, 6.45) is 0.857. The molecule has 27 heavy (non-hydrogen) atoms. The van der Waals surface area contributed by atoms with Crippen LogP contribution in [0.15, 0.2) is 54.6 Å². The van der Waals surface area contributed by atoms with Crippen LogP contribution < -0.4 is 5.73 Å². The summed E-state index contributed by atoms with van der Waals surface area (Å²) in [6, 6.07) is 17.2. The second kappa shape index (κ2) is 8.79. The largest absolute Gasteiger partial charge is 0.466 e. The molecular formula is C21H24N2O4. The quantitative estimate of drug-likeness (QED) is 0.759. The number of ether oxygens (including phenoxy) is 2. The lowest BCUT2D eigenvalue weighted by Gasteiger charge is -2.20. The minimum Gasteiger partial charge on any atom is -0.466 e. The molecule has 1 saturated heterocycles. The van der Waals surface area contributed by atoms with Crippen LogP contribution in [0.25, 0.3) is 0 Å². The van der Waals surface area contributed by atoms with Crippen molar-refractivity contribution in [2.45, 2.75) is 25.2 Å². The van der Waals surface area contributed by atoms with Gasteiger partial charge in [-0.25, -0.2) is 4.79 Å². The predicted molar refractivity (Wildman–Crippen MR) is 101 cm³/mol. The van der Waals surface area contributed by atoms with Gasteiger partial charge < -0.3 is 15.2 Å². The fourth-order valence-corrected chi connectivity index (χ4v) is 3.28. The average Bonchev–Trinajstić information content (AvgIpc) is 3.12. The first-order chi connectivity index (χ1) is 13.1. The van der Waals surface area contributed by atoms with Gasteiger partial charge in [0.2, 0.25) is 12.1 Å². The van der Waals surface area contributed by atoms with Crippen LogP contribution in [0.2, 0.25) is 0 Å². The summed E-state index contributed by atoms with van der Waals surface area (Å²) in [5.41, 5.74) is 7.94. The molecule has 2 N–H and O–H groups in total. The van der Waals surface area contributed by atoms with Gasteiger partial charge in [0.15, 0.2) is 0 Å². The zero-order valence-corrected chi connectivity index (χ0v) is 15.3. The standard InChI is InChI=1S/C21H24N2O4/c1-26-21(25)20-23(14-18(27-20)16-7-3-2-4-8-16)13-5-6-15-9-11-17(12-10-15)19(22)24/h2-4,7-12,18,20H,5-6,13-14H2,1H3,(H2,22,24). The molecule has 2 unspecified atom stereocenters. The fraction of sp³-hybridized carbons (Fsp3) is 0.333. The molecule has 2 aromatic rings. The third-order valence-corrected chi connectivity index (χ3v) is 4.75. The van der Waals surface area contributed by atoms with E-state index in [0.717, 1.165) is 24.0 Å². The molecule has 1 aliphatic rings. The second-order valence-corrected chi connectivity index (χ2v) is 6.57. The van der Waals surface area contributed by atoms with E-state index in [0.29, 0.717) is 18.7 Å². The highest BCUT2D eigenvalue weighted by atomic mass is 16.6. The van der Waals surface area contributed by atoms with Crippen molar-refractivity contribution >= 4 is 11.9 Å². The molecule has 0 aromatic heterocycles. The topological polar surface area (TPSA) is 81.9 Å². The molecule has 1 heterocycles. The van der Waals surface area contributed by atoms with E-state index in [1.807, 2.05) is 47.4 Å². The molecular weight excluding hydrogens is 344 g/mol. The Bertz CT molecular complexity index is 777. The molecule has 1 fully saturated rings. The number of hydrogen-bond acceptors (Lipinski definition) is 5. The van der Waals surface area contributed by atoms with Gasteiger partial charge in [0.1, 0.15) is 0 Å². The van der Waals surface area contributed by atoms with Crippen molar-refractivity contribution in [2.75, 3.05) is 20.2 Å². The summed E-state index contributed by atoms with van der Waals surface area (Å²) in [5, 5.41) is 0. The van der Waals surface area contributed by atoms with Crippen molar-refractivity contribution in [3.05, 3.63) is 71.3 Å². The van der Waals surface area contributed by atoms with Gasteiger partial charge in [-0.15, -0.1) is 0 Å². The van der Waals surface area contributed by atoms with Crippen LogP contribution in [0.1, 0.15) is 34.0 Å². The Labute approximate surface area is 158 Å². The van der Waals surface area contributed by atoms with Crippen LogP contribution in [0.3, 0.4) is 0 Å². The molecule has 0 radical (unpaired) electrons. The first-order valence-electron chi connectivity index (χ1n) is 8.99. The van der Waals surface area contributed by atoms with Crippen LogP contribution in [-0.4, -0.2) is 43.2 Å². The van der Waals surface area contributed by atoms with E-state index in [2.05, 4.69) is 0 Å². The minimum atomic E-state index is -0.683. The number of hydrogen-bond donors (Lipinski definition) is 1. The third kappa shape index (κ3) is 4.72. The normalized spacial score (nSPS) is 19.7. The van der Waals surface area contributed by atoms with Gasteiger partial charge in [0, 0.05) is 18.7 Å². The summed E-state index contributed by atoms with van der Waals surface area (Å²) in [6.45, 7) is 1.35. The van der Waals surface area contributed by atoms with Crippen molar-refractivity contribution in [2.24, 2.45) is 5.73 Å². The molecule has 0 saturated carbocycles. The number of carbonyl (C=O) groups is 2. The molecule has 1 aliphatic heterocycles. The van der Waals surface area contributed by atoms with E-state index in [-0.39, 0.29) is 12.1 Å². The molecule has 0 aliphatic carbocycles. The zero-order chi connectivity index (χ0) is 19.2. The van der Waals surface area contributed by atoms with Crippen molar-refractivity contribution in [1.82, 2.24) is 4.90 Å². The van der Waals surface area contributed by atoms with Crippen molar-refractivity contribution in [3.63, 3.8) is 0 Å². The number of benzene rings is 2. The maximum atomic E-state index is 12.1. The highest BCUT2D eigenvalue weighted by Gasteiger charge is 2.38. The van der Waals surface area contributed by atoms with Crippen LogP contribution in [0, 0.1) is 0 Å². The van der Waals surface area contributed by atoms with Gasteiger partial charge >= 0.3 is 5.97 Å². The Morgan fingerprint density at radius 2 is 1.85 bits per heavy atom. The van der Waals surface area contributed by atoms with Gasteiger partial charge in [-0.2, -0.15) is 0 Å². The summed E-state index contributed by atoms with van der Waals surface area (Å²) < 4.78 is 10.9. The third-order valence-electron chi connectivity index (χ3n) is 4.75. The second-order valence-electron chi connectivity index (χ2n) is 6.57. The molecule has 3 rings (SSSR count). The zero-order valence-electron chi connectivity index (χ0n) is 15.3. The van der Waals surface area contributed by atoms with Gasteiger partial charge in [-0.1, -0.05) is 42.5 Å². The maximum Gasteiger partial charge on any atom is 0.350 e. The van der Waals surface area contributed by atoms with Crippen LogP contribution >= 0.6 is 0 Å². The summed E-state index contributed by atoms with van der Waals surface area (Å²) in [7, 11) is 1.38. The summed E-state index contributed by atoms with van der Waals surface area (Å²) in [4.78, 5) is 25.3. The first kappa shape index (κ1) is 19.1. The number of nitrogens with two attached hydrogens (primary N) is 1. The van der Waals surface area contributed by atoms with Gasteiger partial charge in [0.05, 0.1) is 13.2 Å². The number of esters is 1. The Balaban J connectivity index is 1.59. The minimum absolute atomic E-state index is 0.148. The average molecular weight is 368 g/mol. The smallest absolute Gasteiger partial charge is 0.350 e. The van der Waals surface area contributed by atoms with E-state index in [4.69, 9.17) is 15.2 Å². The number of carbonyl (C=O) groups excluding carboxylic acids is 2. The number of methoxy groups -OCH3 is 1. The number of amides is 1. The van der Waals surface area contributed by atoms with Crippen molar-refractivity contribution in [3.8, 4) is 0 Å². The summed E-state index contributed by atoms with van der Waals surface area (Å²) >= 11 is 0. The van der Waals surface area contributed by atoms with E-state index in [9.17, 15) is 9.59 Å². The molecule has 2 aromatic carbocycles. The molecule has 6 nitrogen and oxygen atoms in total. The van der Waals surface area contributed by atoms with E-state index in [1.54, 1.807) is 12.1 Å².